The molecule has 3 aliphatic heterocycles. The van der Waals surface area contributed by atoms with Gasteiger partial charge in [0.1, 0.15) is 18.4 Å². The summed E-state index contributed by atoms with van der Waals surface area (Å²) in [5.41, 5.74) is 2.06. The van der Waals surface area contributed by atoms with Crippen LogP contribution in [0.3, 0.4) is 0 Å². The van der Waals surface area contributed by atoms with Crippen LogP contribution in [0.1, 0.15) is 41.6 Å². The van der Waals surface area contributed by atoms with Gasteiger partial charge in [0.2, 0.25) is 17.7 Å². The Bertz CT molecular complexity index is 1150. The van der Waals surface area contributed by atoms with Crippen LogP contribution in [-0.2, 0) is 20.9 Å². The van der Waals surface area contributed by atoms with Crippen LogP contribution in [0.25, 0.3) is 0 Å². The van der Waals surface area contributed by atoms with Crippen molar-refractivity contribution in [3.8, 4) is 5.75 Å². The van der Waals surface area contributed by atoms with Crippen molar-refractivity contribution in [1.29, 1.82) is 0 Å². The van der Waals surface area contributed by atoms with E-state index in [-0.39, 0.29) is 36.7 Å². The number of ether oxygens (including phenoxy) is 1. The smallest absolute Gasteiger partial charge is 0.255 e. The number of nitrogens with zero attached hydrogens (tertiary/aromatic N) is 2. The Morgan fingerprint density at radius 3 is 2.69 bits per heavy atom. The largest absolute Gasteiger partial charge is 0.492 e. The summed E-state index contributed by atoms with van der Waals surface area (Å²) in [6.45, 7) is 2.05. The Labute approximate surface area is 203 Å². The third-order valence-electron chi connectivity index (χ3n) is 6.88. The molecule has 3 aliphatic rings. The maximum Gasteiger partial charge on any atom is 0.255 e. The molecule has 2 fully saturated rings. The van der Waals surface area contributed by atoms with Crippen LogP contribution >= 0.6 is 0 Å². The lowest BCUT2D eigenvalue weighted by Crippen LogP contribution is -2.52. The predicted molar refractivity (Wildman–Crippen MR) is 128 cm³/mol. The van der Waals surface area contributed by atoms with E-state index < -0.39 is 11.9 Å². The number of amides is 4. The molecular formula is C26H28N4O5. The maximum absolute atomic E-state index is 13.0. The highest BCUT2D eigenvalue weighted by Gasteiger charge is 2.40. The number of rotatable bonds is 7. The molecule has 2 atom stereocenters. The van der Waals surface area contributed by atoms with Crippen molar-refractivity contribution < 1.29 is 23.9 Å². The van der Waals surface area contributed by atoms with Crippen LogP contribution in [0.4, 0.5) is 5.69 Å². The average molecular weight is 477 g/mol. The summed E-state index contributed by atoms with van der Waals surface area (Å²) < 4.78 is 6.08. The summed E-state index contributed by atoms with van der Waals surface area (Å²) in [6, 6.07) is 13.9. The van der Waals surface area contributed by atoms with Crippen LogP contribution in [0.5, 0.6) is 5.75 Å². The molecule has 5 rings (SSSR count). The van der Waals surface area contributed by atoms with Gasteiger partial charge in [0.25, 0.3) is 5.91 Å². The molecule has 2 unspecified atom stereocenters. The molecule has 0 aliphatic carbocycles. The van der Waals surface area contributed by atoms with E-state index in [0.717, 1.165) is 30.6 Å². The average Bonchev–Trinajstić information content (AvgIpc) is 3.45. The fraction of sp³-hybridized carbons (Fsp3) is 0.385. The van der Waals surface area contributed by atoms with Gasteiger partial charge in [0.15, 0.2) is 0 Å². The van der Waals surface area contributed by atoms with Crippen molar-refractivity contribution in [2.75, 3.05) is 25.0 Å². The Kier molecular flexibility index (Phi) is 6.50. The monoisotopic (exact) mass is 476 g/mol. The number of carbonyl (C=O) groups excluding carboxylic acids is 4. The number of hydrogen-bond acceptors (Lipinski definition) is 6. The first kappa shape index (κ1) is 23.0. The second-order valence-electron chi connectivity index (χ2n) is 9.08. The number of anilines is 1. The first-order valence-corrected chi connectivity index (χ1v) is 12.0. The summed E-state index contributed by atoms with van der Waals surface area (Å²) in [7, 11) is 0. The third kappa shape index (κ3) is 4.77. The van der Waals surface area contributed by atoms with Gasteiger partial charge in [-0.2, -0.15) is 0 Å². The second kappa shape index (κ2) is 9.87. The summed E-state index contributed by atoms with van der Waals surface area (Å²) in [6.07, 6.45) is 2.29. The molecule has 2 aromatic rings. The highest BCUT2D eigenvalue weighted by Crippen LogP contribution is 2.33. The van der Waals surface area contributed by atoms with Crippen LogP contribution in [0.2, 0.25) is 0 Å². The van der Waals surface area contributed by atoms with Gasteiger partial charge in [0, 0.05) is 29.8 Å². The minimum Gasteiger partial charge on any atom is -0.492 e. The number of nitrogens with one attached hydrogen (secondary N) is 2. The van der Waals surface area contributed by atoms with E-state index in [2.05, 4.69) is 15.5 Å². The molecular weight excluding hydrogens is 448 g/mol. The number of para-hydroxylation sites is 1. The van der Waals surface area contributed by atoms with E-state index in [1.165, 1.54) is 4.90 Å². The molecule has 0 aromatic heterocycles. The Balaban J connectivity index is 1.20. The Morgan fingerprint density at radius 2 is 1.89 bits per heavy atom. The number of fused-ring (bicyclic) bond motifs is 1. The zero-order valence-electron chi connectivity index (χ0n) is 19.4. The van der Waals surface area contributed by atoms with Crippen LogP contribution in [0.15, 0.2) is 48.5 Å². The quantitative estimate of drug-likeness (QED) is 0.592. The molecule has 9 nitrogen and oxygen atoms in total. The lowest BCUT2D eigenvalue weighted by Gasteiger charge is -2.29. The van der Waals surface area contributed by atoms with Gasteiger partial charge < -0.3 is 15.0 Å². The van der Waals surface area contributed by atoms with Gasteiger partial charge >= 0.3 is 0 Å². The zero-order chi connectivity index (χ0) is 24.4. The van der Waals surface area contributed by atoms with Gasteiger partial charge in [-0.3, -0.25) is 29.4 Å². The molecule has 3 heterocycles. The standard InChI is InChI=1S/C26H28N4O5/c31-23-12-11-21(25(33)28-23)30-16-19-18(26(30)34)8-4-10-22(19)35-15-14-29-13-5-9-20(29)24(32)27-17-6-2-1-3-7-17/h1-4,6-8,10,20-21H,5,9,11-16H2,(H,27,32)(H,28,31,33). The Morgan fingerprint density at radius 1 is 1.06 bits per heavy atom. The molecule has 2 saturated heterocycles. The van der Waals surface area contributed by atoms with Gasteiger partial charge in [-0.05, 0) is 50.1 Å². The van der Waals surface area contributed by atoms with Gasteiger partial charge in [-0.15, -0.1) is 0 Å². The lowest BCUT2D eigenvalue weighted by atomic mass is 10.0. The van der Waals surface area contributed by atoms with Crippen LogP contribution in [0, 0.1) is 0 Å². The highest BCUT2D eigenvalue weighted by atomic mass is 16.5. The summed E-state index contributed by atoms with van der Waals surface area (Å²) in [5.74, 6) is -0.372. The van der Waals surface area contributed by atoms with Gasteiger partial charge in [-0.1, -0.05) is 24.3 Å². The lowest BCUT2D eigenvalue weighted by molar-refractivity contribution is -0.137. The number of likely N-dealkylation sites (tertiary alicyclic amines) is 1. The minimum absolute atomic E-state index is 0.0141. The number of carbonyl (C=O) groups is 4. The summed E-state index contributed by atoms with van der Waals surface area (Å²) in [5, 5.41) is 5.31. The van der Waals surface area contributed by atoms with Gasteiger partial charge in [0.05, 0.1) is 12.6 Å². The van der Waals surface area contributed by atoms with E-state index >= 15 is 0 Å². The minimum atomic E-state index is -0.658. The second-order valence-corrected chi connectivity index (χ2v) is 9.08. The maximum atomic E-state index is 13.0. The Hall–Kier alpha value is -3.72. The van der Waals surface area contributed by atoms with Crippen LogP contribution < -0.4 is 15.4 Å². The molecule has 4 amide bonds. The SMILES string of the molecule is O=C1CCC(N2Cc3c(OCCN4CCCC4C(=O)Nc4ccccc4)cccc3C2=O)C(=O)N1. The van der Waals surface area contributed by atoms with Crippen molar-refractivity contribution in [3.63, 3.8) is 0 Å². The first-order chi connectivity index (χ1) is 17.0. The van der Waals surface area contributed by atoms with E-state index in [1.54, 1.807) is 12.1 Å². The number of imide groups is 1. The summed E-state index contributed by atoms with van der Waals surface area (Å²) >= 11 is 0. The zero-order valence-corrected chi connectivity index (χ0v) is 19.4. The van der Waals surface area contributed by atoms with E-state index in [4.69, 9.17) is 4.74 Å². The molecule has 35 heavy (non-hydrogen) atoms. The number of benzene rings is 2. The molecule has 0 bridgehead atoms. The fourth-order valence-corrected chi connectivity index (χ4v) is 5.10. The van der Waals surface area contributed by atoms with Crippen molar-refractivity contribution in [1.82, 2.24) is 15.1 Å². The molecule has 2 N–H and O–H groups in total. The first-order valence-electron chi connectivity index (χ1n) is 12.0. The third-order valence-corrected chi connectivity index (χ3v) is 6.88. The molecule has 9 heteroatoms. The van der Waals surface area contributed by atoms with Gasteiger partial charge in [-0.25, -0.2) is 0 Å². The predicted octanol–water partition coefficient (Wildman–Crippen LogP) is 1.93. The van der Waals surface area contributed by atoms with Crippen molar-refractivity contribution >= 4 is 29.3 Å². The van der Waals surface area contributed by atoms with Crippen molar-refractivity contribution in [3.05, 3.63) is 59.7 Å². The fourth-order valence-electron chi connectivity index (χ4n) is 5.10. The highest BCUT2D eigenvalue weighted by molar-refractivity contribution is 6.05. The topological polar surface area (TPSA) is 108 Å². The van der Waals surface area contributed by atoms with Crippen molar-refractivity contribution in [2.45, 2.75) is 44.3 Å². The molecule has 0 radical (unpaired) electrons. The number of hydrogen-bond donors (Lipinski definition) is 2. The van der Waals surface area contributed by atoms with E-state index in [0.29, 0.717) is 30.9 Å². The molecule has 182 valence electrons. The number of piperidine rings is 1. The normalized spacial score (nSPS) is 22.2. The van der Waals surface area contributed by atoms with Crippen molar-refractivity contribution in [2.24, 2.45) is 0 Å². The molecule has 0 spiro atoms. The summed E-state index contributed by atoms with van der Waals surface area (Å²) in [4.78, 5) is 53.2. The molecule has 2 aromatic carbocycles. The molecule has 0 saturated carbocycles. The van der Waals surface area contributed by atoms with E-state index in [9.17, 15) is 19.2 Å². The van der Waals surface area contributed by atoms with E-state index in [1.807, 2.05) is 36.4 Å². The van der Waals surface area contributed by atoms with Crippen LogP contribution in [-0.4, -0.2) is 65.2 Å².